The lowest BCUT2D eigenvalue weighted by Crippen LogP contribution is -2.11. The molecule has 0 bridgehead atoms. The lowest BCUT2D eigenvalue weighted by atomic mass is 9.97. The second kappa shape index (κ2) is 27.6. The number of benzene rings is 13. The molecule has 13 rings (SSSR count). The third kappa shape index (κ3) is 13.8. The molecule has 0 aliphatic rings. The Balaban J connectivity index is 0.822. The molecule has 0 radical (unpaired) electrons. The van der Waals surface area contributed by atoms with Crippen molar-refractivity contribution in [3.8, 4) is 34.4 Å². The minimum atomic E-state index is 0.551. The van der Waals surface area contributed by atoms with Gasteiger partial charge in [0.2, 0.25) is 0 Å². The van der Waals surface area contributed by atoms with Crippen LogP contribution in [-0.2, 0) is 0 Å². The minimum Gasteiger partial charge on any atom is -0.310 e. The van der Waals surface area contributed by atoms with Crippen LogP contribution in [0.5, 0.6) is 0 Å². The van der Waals surface area contributed by atoms with Crippen LogP contribution in [0, 0.1) is 22.7 Å². The third-order valence-electron chi connectivity index (χ3n) is 14.9. The van der Waals surface area contributed by atoms with Crippen LogP contribution in [0.3, 0.4) is 0 Å². The van der Waals surface area contributed by atoms with Crippen molar-refractivity contribution in [1.82, 2.24) is 0 Å². The van der Waals surface area contributed by atoms with Gasteiger partial charge in [-0.15, -0.1) is 0 Å². The van der Waals surface area contributed by atoms with Crippen molar-refractivity contribution >= 4 is 98.2 Å². The molecule has 0 atom stereocenters. The molecule has 0 spiro atoms. The van der Waals surface area contributed by atoms with E-state index in [0.29, 0.717) is 11.1 Å². The summed E-state index contributed by atoms with van der Waals surface area (Å²) in [5.41, 5.74) is 13.0. The zero-order valence-electron chi connectivity index (χ0n) is 48.1. The monoisotopic (exact) mass is 1210 g/mol. The van der Waals surface area contributed by atoms with Gasteiger partial charge in [0.05, 0.1) is 23.3 Å². The van der Waals surface area contributed by atoms with E-state index in [1.165, 1.54) is 19.6 Å². The van der Waals surface area contributed by atoms with Gasteiger partial charge in [0.15, 0.2) is 0 Å². The highest BCUT2D eigenvalue weighted by molar-refractivity contribution is 8.00. The number of hydrogen-bond acceptors (Lipinski definition) is 9. The lowest BCUT2D eigenvalue weighted by Gasteiger charge is -2.27. The van der Waals surface area contributed by atoms with Gasteiger partial charge in [-0.3, -0.25) is 0 Å². The molecule has 13 aromatic rings. The molecule has 5 nitrogen and oxygen atoms in total. The first-order chi connectivity index (χ1) is 44.0. The summed E-state index contributed by atoms with van der Waals surface area (Å²) < 4.78 is 0. The summed E-state index contributed by atoms with van der Waals surface area (Å²) in [6.45, 7) is 0. The van der Waals surface area contributed by atoms with E-state index in [1.807, 2.05) is 54.6 Å². The van der Waals surface area contributed by atoms with Crippen molar-refractivity contribution in [2.45, 2.75) is 39.2 Å². The van der Waals surface area contributed by atoms with Gasteiger partial charge >= 0.3 is 0 Å². The Hall–Kier alpha value is -10.4. The van der Waals surface area contributed by atoms with Crippen LogP contribution >= 0.6 is 47.0 Å². The maximum Gasteiger partial charge on any atom is 0.0998 e. The molecule has 0 aliphatic carbocycles. The molecule has 9 heteroatoms. The third-order valence-corrected chi connectivity index (χ3v) is 19.0. The number of para-hydroxylation sites is 1. The van der Waals surface area contributed by atoms with Crippen LogP contribution < -0.4 is 14.7 Å². The van der Waals surface area contributed by atoms with E-state index in [9.17, 15) is 10.5 Å². The van der Waals surface area contributed by atoms with Gasteiger partial charge in [-0.05, 0) is 229 Å². The van der Waals surface area contributed by atoms with E-state index in [2.05, 4.69) is 306 Å². The molecule has 89 heavy (non-hydrogen) atoms. The Labute approximate surface area is 537 Å². The van der Waals surface area contributed by atoms with Gasteiger partial charge in [0, 0.05) is 90.4 Å². The quantitative estimate of drug-likeness (QED) is 0.0788. The van der Waals surface area contributed by atoms with E-state index in [0.717, 1.165) is 93.0 Å². The minimum absolute atomic E-state index is 0.551. The summed E-state index contributed by atoms with van der Waals surface area (Å²) in [7, 11) is 0. The normalized spacial score (nSPS) is 10.9. The number of nitrogens with zero attached hydrogens (tertiary/aromatic N) is 5. The van der Waals surface area contributed by atoms with Crippen molar-refractivity contribution in [2.24, 2.45) is 0 Å². The Morgan fingerprint density at radius 2 is 0.427 bits per heavy atom. The highest BCUT2D eigenvalue weighted by Gasteiger charge is 2.21. The van der Waals surface area contributed by atoms with Gasteiger partial charge in [0.25, 0.3) is 0 Å². The molecular formula is C80H55N5S4. The molecule has 0 saturated heterocycles. The van der Waals surface area contributed by atoms with Gasteiger partial charge in [0.1, 0.15) is 0 Å². The van der Waals surface area contributed by atoms with Gasteiger partial charge < -0.3 is 14.7 Å². The summed E-state index contributed by atoms with van der Waals surface area (Å²) >= 11 is 6.91. The predicted molar refractivity (Wildman–Crippen MR) is 373 cm³/mol. The number of hydrogen-bond donors (Lipinski definition) is 0. The van der Waals surface area contributed by atoms with Crippen molar-refractivity contribution in [2.75, 3.05) is 14.7 Å². The fourth-order valence-corrected chi connectivity index (χ4v) is 14.1. The van der Waals surface area contributed by atoms with Crippen LogP contribution in [0.25, 0.3) is 22.3 Å². The molecule has 0 amide bonds. The summed E-state index contributed by atoms with van der Waals surface area (Å²) in [5.74, 6) is 0. The van der Waals surface area contributed by atoms with Gasteiger partial charge in [-0.25, -0.2) is 0 Å². The molecule has 0 aromatic heterocycles. The summed E-state index contributed by atoms with van der Waals surface area (Å²) in [4.78, 5) is 15.9. The zero-order valence-corrected chi connectivity index (χ0v) is 51.4. The predicted octanol–water partition coefficient (Wildman–Crippen LogP) is 23.8. The standard InChI is InChI=1S/C80H55N5S4/c81-56-60-54-69(83(63-32-42-75(43-33-63)86-71-24-8-2-9-25-71)64-34-44-76(45-35-64)87-72-26-10-3-11-27-72)40-50-79(60)58-18-16-22-67(52-58)85(62-20-6-1-7-21-62)68-23-17-19-59(53-68)80-51-41-70(55-61(80)57-82)84(65-36-46-77(47-37-65)88-73-28-12-4-13-29-73)66-38-48-78(49-39-66)89-74-30-14-5-15-31-74/h1-55H. The number of anilines is 9. The number of nitriles is 2. The molecular weight excluding hydrogens is 1160 g/mol. The van der Waals surface area contributed by atoms with Crippen LogP contribution in [0.2, 0.25) is 0 Å². The molecule has 13 aromatic carbocycles. The van der Waals surface area contributed by atoms with Gasteiger partial charge in [-0.2, -0.15) is 10.5 Å². The topological polar surface area (TPSA) is 57.3 Å². The van der Waals surface area contributed by atoms with Crippen molar-refractivity contribution in [1.29, 1.82) is 10.5 Å². The maximum absolute atomic E-state index is 11.1. The van der Waals surface area contributed by atoms with E-state index < -0.39 is 0 Å². The highest BCUT2D eigenvalue weighted by Crippen LogP contribution is 2.45. The van der Waals surface area contributed by atoms with Crippen LogP contribution in [-0.4, -0.2) is 0 Å². The van der Waals surface area contributed by atoms with E-state index >= 15 is 0 Å². The smallest absolute Gasteiger partial charge is 0.0998 e. The van der Waals surface area contributed by atoms with Crippen LogP contribution in [0.4, 0.5) is 51.2 Å². The maximum atomic E-state index is 11.1. The van der Waals surface area contributed by atoms with Crippen LogP contribution in [0.15, 0.2) is 373 Å². The Morgan fingerprint density at radius 3 is 0.719 bits per heavy atom. The SMILES string of the molecule is N#Cc1cc(N(c2ccc(Sc3ccccc3)cc2)c2ccc(Sc3ccccc3)cc2)ccc1-c1cccc(N(c2ccccc2)c2cccc(-c3ccc(N(c4ccc(Sc5ccccc5)cc4)c4ccc(Sc5ccccc5)cc4)cc3C#N)c2)c1. The van der Waals surface area contributed by atoms with Crippen molar-refractivity contribution < 1.29 is 0 Å². The zero-order chi connectivity index (χ0) is 60.1. The van der Waals surface area contributed by atoms with Crippen molar-refractivity contribution in [3.05, 3.63) is 345 Å². The average molecular weight is 1210 g/mol. The molecule has 0 heterocycles. The lowest BCUT2D eigenvalue weighted by molar-refractivity contribution is 1.25. The molecule has 0 saturated carbocycles. The Bertz CT molecular complexity index is 4150. The molecule has 0 fully saturated rings. The molecule has 424 valence electrons. The first-order valence-electron chi connectivity index (χ1n) is 29.1. The van der Waals surface area contributed by atoms with E-state index in [-0.39, 0.29) is 0 Å². The summed E-state index contributed by atoms with van der Waals surface area (Å²) in [6.07, 6.45) is 0. The average Bonchev–Trinajstić information content (AvgIpc) is 1.74. The molecule has 0 N–H and O–H groups in total. The molecule has 0 unspecified atom stereocenters. The highest BCUT2D eigenvalue weighted by atomic mass is 32.2. The Morgan fingerprint density at radius 1 is 0.202 bits per heavy atom. The fourth-order valence-electron chi connectivity index (χ4n) is 10.7. The second-order valence-electron chi connectivity index (χ2n) is 20.8. The summed E-state index contributed by atoms with van der Waals surface area (Å²) in [5, 5.41) is 22.1. The first kappa shape index (κ1) is 57.7. The first-order valence-corrected chi connectivity index (χ1v) is 32.3. The second-order valence-corrected chi connectivity index (χ2v) is 25.3. The fraction of sp³-hybridized carbons (Fsp3) is 0. The van der Waals surface area contributed by atoms with Crippen molar-refractivity contribution in [3.63, 3.8) is 0 Å². The van der Waals surface area contributed by atoms with E-state index in [4.69, 9.17) is 0 Å². The molecule has 0 aliphatic heterocycles. The number of rotatable bonds is 19. The Kier molecular flexibility index (Phi) is 17.9. The van der Waals surface area contributed by atoms with Crippen LogP contribution in [0.1, 0.15) is 11.1 Å². The van der Waals surface area contributed by atoms with E-state index in [1.54, 1.807) is 47.0 Å². The van der Waals surface area contributed by atoms with Gasteiger partial charge in [-0.1, -0.05) is 174 Å². The largest absolute Gasteiger partial charge is 0.310 e. The summed E-state index contributed by atoms with van der Waals surface area (Å²) in [6, 6.07) is 121.